The van der Waals surface area contributed by atoms with Crippen molar-refractivity contribution in [2.24, 2.45) is 34.8 Å². The minimum absolute atomic E-state index is 0.0162. The molecule has 0 spiro atoms. The fourth-order valence-corrected chi connectivity index (χ4v) is 5.90. The van der Waals surface area contributed by atoms with Gasteiger partial charge in [-0.05, 0) is 68.6 Å². The molecule has 0 aliphatic rings. The summed E-state index contributed by atoms with van der Waals surface area (Å²) in [5, 5.41) is 24.5. The predicted octanol–water partition coefficient (Wildman–Crippen LogP) is 3.67. The molecule has 0 bridgehead atoms. The minimum atomic E-state index is -1.21. The maximum atomic E-state index is 13.8. The van der Waals surface area contributed by atoms with Gasteiger partial charge in [0.05, 0.1) is 51.6 Å². The van der Waals surface area contributed by atoms with Gasteiger partial charge in [0.1, 0.15) is 32.5 Å². The third kappa shape index (κ3) is 24.1. The smallest absolute Gasteiger partial charge is 0.493 e. The molecule has 4 N–H and O–H groups in total. The first-order chi connectivity index (χ1) is 29.8. The number of benzene rings is 1. The van der Waals surface area contributed by atoms with Crippen molar-refractivity contribution in [1.82, 2.24) is 10.6 Å². The average molecular weight is 906 g/mol. The van der Waals surface area contributed by atoms with Crippen LogP contribution in [-0.4, -0.2) is 133 Å². The molecule has 23 heteroatoms. The van der Waals surface area contributed by atoms with Crippen LogP contribution in [0.4, 0.5) is 9.59 Å². The first-order valence-corrected chi connectivity index (χ1v) is 20.6. The number of carbonyl (C=O) groups excluding carboxylic acids is 4. The van der Waals surface area contributed by atoms with Crippen LogP contribution in [0.25, 0.3) is 0 Å². The Morgan fingerprint density at radius 2 is 1.38 bits per heavy atom. The van der Waals surface area contributed by atoms with E-state index in [1.54, 1.807) is 40.9 Å². The largest absolute Gasteiger partial charge is 0.508 e. The quantitative estimate of drug-likeness (QED) is 0.0379. The summed E-state index contributed by atoms with van der Waals surface area (Å²) in [5.41, 5.74) is 5.35. The molecule has 0 aliphatic heterocycles. The van der Waals surface area contributed by atoms with Crippen molar-refractivity contribution in [3.8, 4) is 11.5 Å². The molecule has 1 aromatic rings. The fraction of sp³-hybridized carbons (Fsp3) is 0.750. The van der Waals surface area contributed by atoms with Crippen molar-refractivity contribution in [3.63, 3.8) is 0 Å². The van der Waals surface area contributed by atoms with Crippen LogP contribution in [-0.2, 0) is 54.1 Å². The molecule has 1 aromatic carbocycles. The zero-order valence-electron chi connectivity index (χ0n) is 37.6. The van der Waals surface area contributed by atoms with Crippen LogP contribution >= 0.6 is 0 Å². The number of hydrogen-bond acceptors (Lipinski definition) is 18. The molecule has 0 saturated heterocycles. The standard InChI is InChI=1S/C40H67N5O18/c1-27(2)30(22-29-10-11-33(55-8)35(23-29)58-13-9-12-54-7)24-32(43-38(48)59-18-14-56-16-20-61-44(50)51)34(63-39(49)60-19-15-57-17-21-62-45(52)53)25-31(28(3)4)36(46)42-26-40(5,6)37(41)47/h10-11,23,27-28,30-32,34H,9,12-22,24-26H2,1-8H3,(H2,41,47)(H,42,46)(H,43,48). The van der Waals surface area contributed by atoms with Crippen molar-refractivity contribution in [3.05, 3.63) is 44.0 Å². The highest BCUT2D eigenvalue weighted by molar-refractivity contribution is 5.83. The number of methoxy groups -OCH3 is 2. The van der Waals surface area contributed by atoms with E-state index in [1.165, 1.54) is 7.11 Å². The molecular formula is C40H67N5O18. The molecule has 4 atom stereocenters. The number of ether oxygens (including phenoxy) is 8. The molecular weight excluding hydrogens is 838 g/mol. The molecule has 1 rings (SSSR count). The van der Waals surface area contributed by atoms with Gasteiger partial charge in [0, 0.05) is 32.6 Å². The van der Waals surface area contributed by atoms with E-state index in [-0.39, 0.29) is 90.0 Å². The lowest BCUT2D eigenvalue weighted by atomic mass is 9.80. The Balaban J connectivity index is 3.56. The van der Waals surface area contributed by atoms with Gasteiger partial charge in [0.15, 0.2) is 11.5 Å². The second-order valence-electron chi connectivity index (χ2n) is 15.7. The molecule has 360 valence electrons. The van der Waals surface area contributed by atoms with Gasteiger partial charge in [-0.1, -0.05) is 33.8 Å². The Morgan fingerprint density at radius 3 is 1.92 bits per heavy atom. The van der Waals surface area contributed by atoms with Crippen LogP contribution in [0.15, 0.2) is 18.2 Å². The number of nitrogens with two attached hydrogens (primary N) is 1. The van der Waals surface area contributed by atoms with Crippen LogP contribution in [0.1, 0.15) is 66.4 Å². The van der Waals surface area contributed by atoms with E-state index in [2.05, 4.69) is 20.3 Å². The summed E-state index contributed by atoms with van der Waals surface area (Å²) in [7, 11) is 3.14. The van der Waals surface area contributed by atoms with Crippen molar-refractivity contribution < 1.29 is 76.9 Å². The van der Waals surface area contributed by atoms with Gasteiger partial charge < -0.3 is 63.9 Å². The van der Waals surface area contributed by atoms with Gasteiger partial charge in [-0.25, -0.2) is 9.59 Å². The summed E-state index contributed by atoms with van der Waals surface area (Å²) in [6.45, 7) is 9.78. The van der Waals surface area contributed by atoms with E-state index in [0.29, 0.717) is 37.6 Å². The third-order valence-corrected chi connectivity index (χ3v) is 9.73. The summed E-state index contributed by atoms with van der Waals surface area (Å²) in [6.07, 6.45) is -2.09. The van der Waals surface area contributed by atoms with E-state index in [0.717, 1.165) is 5.56 Å². The van der Waals surface area contributed by atoms with Gasteiger partial charge in [-0.2, -0.15) is 0 Å². The number of primary amides is 1. The highest BCUT2D eigenvalue weighted by Gasteiger charge is 2.37. The molecule has 23 nitrogen and oxygen atoms in total. The normalized spacial score (nSPS) is 13.2. The lowest BCUT2D eigenvalue weighted by Gasteiger charge is -2.34. The molecule has 0 heterocycles. The summed E-state index contributed by atoms with van der Waals surface area (Å²) < 4.78 is 43.7. The summed E-state index contributed by atoms with van der Waals surface area (Å²) in [6, 6.07) is 4.57. The maximum absolute atomic E-state index is 13.8. The number of amides is 3. The fourth-order valence-electron chi connectivity index (χ4n) is 5.90. The first kappa shape index (κ1) is 55.6. The Bertz CT molecular complexity index is 1550. The summed E-state index contributed by atoms with van der Waals surface area (Å²) >= 11 is 0. The minimum Gasteiger partial charge on any atom is -0.493 e. The highest BCUT2D eigenvalue weighted by Crippen LogP contribution is 2.33. The summed E-state index contributed by atoms with van der Waals surface area (Å²) in [5.74, 6) is -1.40. The molecule has 0 aromatic heterocycles. The van der Waals surface area contributed by atoms with Crippen molar-refractivity contribution in [2.75, 3.05) is 86.8 Å². The van der Waals surface area contributed by atoms with E-state index >= 15 is 0 Å². The van der Waals surface area contributed by atoms with Crippen LogP contribution in [0.2, 0.25) is 0 Å². The molecule has 0 fully saturated rings. The Kier molecular flexibility index (Phi) is 27.0. The van der Waals surface area contributed by atoms with Crippen molar-refractivity contribution >= 4 is 24.1 Å². The lowest BCUT2D eigenvalue weighted by Crippen LogP contribution is -2.50. The van der Waals surface area contributed by atoms with E-state index < -0.39 is 57.7 Å². The molecule has 0 aliphatic carbocycles. The van der Waals surface area contributed by atoms with Crippen molar-refractivity contribution in [1.29, 1.82) is 0 Å². The number of rotatable bonds is 35. The monoisotopic (exact) mass is 905 g/mol. The predicted molar refractivity (Wildman–Crippen MR) is 223 cm³/mol. The van der Waals surface area contributed by atoms with Gasteiger partial charge in [0.2, 0.25) is 11.8 Å². The molecule has 3 amide bonds. The van der Waals surface area contributed by atoms with E-state index in [1.807, 2.05) is 26.0 Å². The third-order valence-electron chi connectivity index (χ3n) is 9.73. The second-order valence-corrected chi connectivity index (χ2v) is 15.7. The number of carbonyl (C=O) groups is 4. The van der Waals surface area contributed by atoms with E-state index in [9.17, 15) is 39.4 Å². The Labute approximate surface area is 367 Å². The average Bonchev–Trinajstić information content (AvgIpc) is 3.21. The zero-order chi connectivity index (χ0) is 47.4. The second kappa shape index (κ2) is 30.6. The lowest BCUT2D eigenvalue weighted by molar-refractivity contribution is -0.758. The summed E-state index contributed by atoms with van der Waals surface area (Å²) in [4.78, 5) is 81.9. The number of nitrogens with one attached hydrogen (secondary N) is 2. The SMILES string of the molecule is COCCCOc1cc(CC(CC(NC(=O)OCCOCCO[N+](=O)[O-])C(CC(C(=O)NCC(C)(C)C(N)=O)C(C)C)OC(=O)OCCOCCO[N+](=O)[O-])C(C)C)ccc1OC. The van der Waals surface area contributed by atoms with Crippen LogP contribution in [0.3, 0.4) is 0 Å². The molecule has 4 unspecified atom stereocenters. The molecule has 0 saturated carbocycles. The number of nitrogens with zero attached hydrogens (tertiary/aromatic N) is 2. The molecule has 0 radical (unpaired) electrons. The maximum Gasteiger partial charge on any atom is 0.508 e. The van der Waals surface area contributed by atoms with E-state index in [4.69, 9.17) is 43.6 Å². The molecule has 63 heavy (non-hydrogen) atoms. The van der Waals surface area contributed by atoms with Gasteiger partial charge in [-0.3, -0.25) is 9.59 Å². The number of hydrogen-bond donors (Lipinski definition) is 3. The zero-order valence-corrected chi connectivity index (χ0v) is 37.6. The highest BCUT2D eigenvalue weighted by atomic mass is 17.0. The van der Waals surface area contributed by atoms with Gasteiger partial charge in [0.25, 0.3) is 10.2 Å². The van der Waals surface area contributed by atoms with Crippen LogP contribution < -0.4 is 25.8 Å². The van der Waals surface area contributed by atoms with Gasteiger partial charge >= 0.3 is 12.2 Å². The first-order valence-electron chi connectivity index (χ1n) is 20.6. The topological polar surface area (TPSA) is 297 Å². The van der Waals surface area contributed by atoms with Crippen LogP contribution in [0, 0.1) is 49.3 Å². The van der Waals surface area contributed by atoms with Crippen molar-refractivity contribution in [2.45, 2.75) is 79.4 Å². The van der Waals surface area contributed by atoms with Gasteiger partial charge in [-0.15, -0.1) is 20.2 Å². The Hall–Kier alpha value is -5.42. The van der Waals surface area contributed by atoms with Crippen LogP contribution in [0.5, 0.6) is 11.5 Å². The Morgan fingerprint density at radius 1 is 0.778 bits per heavy atom. The number of alkyl carbamates (subject to hydrolysis) is 1.